The van der Waals surface area contributed by atoms with Crippen molar-refractivity contribution in [1.29, 1.82) is 0 Å². The number of pyridine rings is 2. The Morgan fingerprint density at radius 1 is 0.953 bits per heavy atom. The van der Waals surface area contributed by atoms with E-state index in [2.05, 4.69) is 9.97 Å². The summed E-state index contributed by atoms with van der Waals surface area (Å²) in [5.74, 6) is -1.60. The molecule has 4 heterocycles. The molecule has 0 N–H and O–H groups in total. The number of anilines is 1. The van der Waals surface area contributed by atoms with Crippen LogP contribution in [0, 0.1) is 18.6 Å². The number of aromatic nitrogens is 3. The number of imide groups is 1. The van der Waals surface area contributed by atoms with Gasteiger partial charge in [0.1, 0.15) is 34.2 Å². The summed E-state index contributed by atoms with van der Waals surface area (Å²) in [6, 6.07) is 7.45. The van der Waals surface area contributed by atoms with E-state index >= 15 is 4.39 Å². The molecule has 0 atom stereocenters. The fourth-order valence-electron chi connectivity index (χ4n) is 4.68. The van der Waals surface area contributed by atoms with E-state index in [1.54, 1.807) is 66.7 Å². The third kappa shape index (κ3) is 5.77. The van der Waals surface area contributed by atoms with Crippen LogP contribution in [0.15, 0.2) is 51.9 Å². The minimum Gasteiger partial charge on any atom is -0.443 e. The molecular weight excluding hydrogens is 562 g/mol. The lowest BCUT2D eigenvalue weighted by Crippen LogP contribution is -2.44. The third-order valence-corrected chi connectivity index (χ3v) is 6.40. The Bertz CT molecular complexity index is 1960. The molecule has 12 heteroatoms. The number of amides is 2. The Balaban J connectivity index is 1.71. The van der Waals surface area contributed by atoms with Crippen LogP contribution < -0.4 is 10.5 Å². The number of halogens is 2. The second kappa shape index (κ2) is 10.4. The van der Waals surface area contributed by atoms with Crippen molar-refractivity contribution in [3.05, 3.63) is 75.9 Å². The van der Waals surface area contributed by atoms with Crippen LogP contribution in [0.2, 0.25) is 0 Å². The van der Waals surface area contributed by atoms with Gasteiger partial charge in [0.25, 0.3) is 0 Å². The molecule has 2 amide bonds. The summed E-state index contributed by atoms with van der Waals surface area (Å²) in [6.45, 7) is 11.0. The molecule has 0 bridgehead atoms. The number of rotatable bonds is 3. The Kier molecular flexibility index (Phi) is 7.19. The smallest absolute Gasteiger partial charge is 0.425 e. The Morgan fingerprint density at radius 3 is 2.23 bits per heavy atom. The quantitative estimate of drug-likeness (QED) is 0.220. The predicted octanol–water partition coefficient (Wildman–Crippen LogP) is 7.00. The highest BCUT2D eigenvalue weighted by molar-refractivity contribution is 6.18. The average molecular weight is 593 g/mol. The predicted molar refractivity (Wildman–Crippen MR) is 156 cm³/mol. The second-order valence-electron chi connectivity index (χ2n) is 12.1. The van der Waals surface area contributed by atoms with E-state index in [0.29, 0.717) is 32.1 Å². The van der Waals surface area contributed by atoms with Crippen LogP contribution in [0.4, 0.5) is 24.2 Å². The number of hydrogen-bond acceptors (Lipinski definition) is 8. The molecule has 4 aromatic heterocycles. The van der Waals surface area contributed by atoms with Crippen molar-refractivity contribution in [1.82, 2.24) is 14.5 Å². The first-order valence-corrected chi connectivity index (χ1v) is 13.4. The highest BCUT2D eigenvalue weighted by Crippen LogP contribution is 2.35. The van der Waals surface area contributed by atoms with Crippen molar-refractivity contribution >= 4 is 50.9 Å². The average Bonchev–Trinajstić information content (AvgIpc) is 3.18. The molecule has 0 spiro atoms. The summed E-state index contributed by atoms with van der Waals surface area (Å²) in [6.07, 6.45) is 0.157. The number of benzene rings is 1. The number of hydrogen-bond donors (Lipinski definition) is 0. The minimum absolute atomic E-state index is 0.0624. The van der Waals surface area contributed by atoms with Crippen LogP contribution in [0.5, 0.6) is 0 Å². The molecular formula is C31H30F2N4O6. The fraction of sp³-hybridized carbons (Fsp3) is 0.323. The number of aryl methyl sites for hydroxylation is 1. The van der Waals surface area contributed by atoms with E-state index in [4.69, 9.17) is 13.9 Å². The maximum atomic E-state index is 15.4. The zero-order valence-corrected chi connectivity index (χ0v) is 24.7. The van der Waals surface area contributed by atoms with Crippen LogP contribution in [-0.2, 0) is 16.0 Å². The van der Waals surface area contributed by atoms with Gasteiger partial charge in [-0.25, -0.2) is 33.1 Å². The monoisotopic (exact) mass is 592 g/mol. The summed E-state index contributed by atoms with van der Waals surface area (Å²) < 4.78 is 48.0. The summed E-state index contributed by atoms with van der Waals surface area (Å²) in [4.78, 5) is 48.3. The van der Waals surface area contributed by atoms with Gasteiger partial charge in [0.15, 0.2) is 0 Å². The molecule has 10 nitrogen and oxygen atoms in total. The summed E-state index contributed by atoms with van der Waals surface area (Å²) in [7, 11) is 0. The van der Waals surface area contributed by atoms with Gasteiger partial charge in [-0.05, 0) is 84.4 Å². The number of nitrogens with zero attached hydrogens (tertiary/aromatic N) is 4. The molecule has 0 saturated heterocycles. The van der Waals surface area contributed by atoms with Crippen LogP contribution in [0.3, 0.4) is 0 Å². The molecule has 0 fully saturated rings. The fourth-order valence-corrected chi connectivity index (χ4v) is 4.68. The van der Waals surface area contributed by atoms with E-state index in [0.717, 1.165) is 6.20 Å². The number of fused-ring (bicyclic) bond motifs is 5. The highest BCUT2D eigenvalue weighted by atomic mass is 19.1. The van der Waals surface area contributed by atoms with Gasteiger partial charge in [-0.1, -0.05) is 0 Å². The highest BCUT2D eigenvalue weighted by Gasteiger charge is 2.34. The largest absolute Gasteiger partial charge is 0.443 e. The molecule has 0 saturated carbocycles. The molecule has 43 heavy (non-hydrogen) atoms. The van der Waals surface area contributed by atoms with Crippen LogP contribution >= 0.6 is 0 Å². The van der Waals surface area contributed by atoms with E-state index in [1.165, 1.54) is 22.9 Å². The summed E-state index contributed by atoms with van der Waals surface area (Å²) in [5, 5.41) is 1.53. The summed E-state index contributed by atoms with van der Waals surface area (Å²) in [5.41, 5.74) is -1.95. The van der Waals surface area contributed by atoms with E-state index in [-0.39, 0.29) is 29.2 Å². The number of carbonyl (C=O) groups excluding carboxylic acids is 2. The van der Waals surface area contributed by atoms with Crippen LogP contribution in [0.25, 0.3) is 32.9 Å². The first-order chi connectivity index (χ1) is 20.0. The van der Waals surface area contributed by atoms with Crippen molar-refractivity contribution in [3.63, 3.8) is 0 Å². The lowest BCUT2D eigenvalue weighted by Gasteiger charge is -2.28. The summed E-state index contributed by atoms with van der Waals surface area (Å²) >= 11 is 0. The van der Waals surface area contributed by atoms with E-state index in [1.807, 2.05) is 0 Å². The molecule has 5 rings (SSSR count). The second-order valence-corrected chi connectivity index (χ2v) is 12.1. The Hall–Kier alpha value is -4.87. The van der Waals surface area contributed by atoms with Crippen molar-refractivity contribution in [3.8, 4) is 0 Å². The Morgan fingerprint density at radius 2 is 1.60 bits per heavy atom. The van der Waals surface area contributed by atoms with Crippen LogP contribution in [-0.4, -0.2) is 37.9 Å². The third-order valence-electron chi connectivity index (χ3n) is 6.40. The molecule has 0 unspecified atom stereocenters. The number of ether oxygens (including phenoxy) is 2. The van der Waals surface area contributed by atoms with E-state index < -0.39 is 40.6 Å². The lowest BCUT2D eigenvalue weighted by molar-refractivity contribution is 0.0429. The SMILES string of the molecule is Cc1cc2c3c4cccnc4oc(=O)c3n(Cc3cc(N(C(=O)OC(C)(C)C)C(=O)OC(C)(C)C)ncc3F)c2cc1F. The zero-order valence-electron chi connectivity index (χ0n) is 24.7. The van der Waals surface area contributed by atoms with Crippen molar-refractivity contribution in [2.75, 3.05) is 4.90 Å². The van der Waals surface area contributed by atoms with Crippen molar-refractivity contribution in [2.24, 2.45) is 0 Å². The van der Waals surface area contributed by atoms with Gasteiger partial charge in [-0.2, -0.15) is 4.90 Å². The normalized spacial score (nSPS) is 12.2. The first-order valence-electron chi connectivity index (χ1n) is 13.4. The molecule has 5 aromatic rings. The van der Waals surface area contributed by atoms with E-state index in [9.17, 15) is 18.8 Å². The van der Waals surface area contributed by atoms with Crippen LogP contribution in [0.1, 0.15) is 52.7 Å². The maximum absolute atomic E-state index is 15.4. The number of carbonyl (C=O) groups is 2. The maximum Gasteiger partial charge on any atom is 0.425 e. The van der Waals surface area contributed by atoms with Gasteiger partial charge in [0, 0.05) is 27.9 Å². The minimum atomic E-state index is -1.08. The first kappa shape index (κ1) is 29.6. The molecule has 1 aromatic carbocycles. The molecule has 0 radical (unpaired) electrons. The topological polar surface area (TPSA) is 117 Å². The van der Waals surface area contributed by atoms with Gasteiger partial charge in [-0.15, -0.1) is 0 Å². The van der Waals surface area contributed by atoms with Gasteiger partial charge in [-0.3, -0.25) is 0 Å². The molecule has 0 aliphatic rings. The van der Waals surface area contributed by atoms with Crippen molar-refractivity contribution in [2.45, 2.75) is 66.2 Å². The molecule has 0 aliphatic heterocycles. The molecule has 0 aliphatic carbocycles. The Labute approximate surface area is 244 Å². The van der Waals surface area contributed by atoms with Crippen molar-refractivity contribution < 1.29 is 32.3 Å². The van der Waals surface area contributed by atoms with Gasteiger partial charge < -0.3 is 18.5 Å². The molecule has 224 valence electrons. The standard InChI is InChI=1S/C31H30F2N4O6/c1-16-11-19-22(13-20(16)32)36(25-24(19)18-9-8-10-34-26(18)41-27(25)38)15-17-12-23(35-14-21(17)33)37(28(39)42-30(2,3)4)29(40)43-31(5,6)7/h8-14H,15H2,1-7H3. The zero-order chi connectivity index (χ0) is 31.4. The lowest BCUT2D eigenvalue weighted by atomic mass is 10.1. The van der Waals surface area contributed by atoms with Gasteiger partial charge >= 0.3 is 17.8 Å². The van der Waals surface area contributed by atoms with Gasteiger partial charge in [0.05, 0.1) is 18.3 Å². The van der Waals surface area contributed by atoms with Gasteiger partial charge in [0.2, 0.25) is 5.71 Å².